The predicted molar refractivity (Wildman–Crippen MR) is 110 cm³/mol. The first-order valence-electron chi connectivity index (χ1n) is 10.8. The molecule has 6 heteroatoms. The average Bonchev–Trinajstić information content (AvgIpc) is 2.59. The highest BCUT2D eigenvalue weighted by Crippen LogP contribution is 2.74. The minimum absolute atomic E-state index is 0.0367. The third kappa shape index (κ3) is 2.82. The highest BCUT2D eigenvalue weighted by molar-refractivity contribution is 6.76. The Balaban J connectivity index is 2.23. The van der Waals surface area contributed by atoms with Crippen LogP contribution in [0.2, 0.25) is 25.7 Å². The van der Waals surface area contributed by atoms with E-state index < -0.39 is 30.8 Å². The largest absolute Gasteiger partial charge is 0.466 e. The first-order valence-corrected chi connectivity index (χ1v) is 14.5. The Morgan fingerprint density at radius 3 is 2.36 bits per heavy atom. The van der Waals surface area contributed by atoms with E-state index in [1.807, 2.05) is 0 Å². The number of hydrogen-bond donors (Lipinski definition) is 0. The number of allylic oxidation sites excluding steroid dienone is 1. The third-order valence-electron chi connectivity index (χ3n) is 6.79. The molecule has 0 N–H and O–H groups in total. The van der Waals surface area contributed by atoms with Crippen LogP contribution in [0, 0.1) is 16.7 Å². The number of carbonyl (C=O) groups excluding carboxylic acids is 3. The summed E-state index contributed by atoms with van der Waals surface area (Å²) in [6.45, 7) is 10.9. The van der Waals surface area contributed by atoms with Crippen LogP contribution in [-0.4, -0.2) is 39.0 Å². The van der Waals surface area contributed by atoms with Crippen molar-refractivity contribution in [3.63, 3.8) is 0 Å². The fourth-order valence-corrected chi connectivity index (χ4v) is 7.68. The van der Waals surface area contributed by atoms with Gasteiger partial charge in [-0.05, 0) is 57.6 Å². The van der Waals surface area contributed by atoms with Crippen molar-refractivity contribution >= 4 is 25.8 Å². The van der Waals surface area contributed by atoms with Gasteiger partial charge in [0.2, 0.25) is 0 Å². The smallest absolute Gasteiger partial charge is 0.324 e. The van der Waals surface area contributed by atoms with Gasteiger partial charge in [0, 0.05) is 19.9 Å². The summed E-state index contributed by atoms with van der Waals surface area (Å²) in [6, 6.07) is 0.810. The Morgan fingerprint density at radius 1 is 1.07 bits per heavy atom. The lowest BCUT2D eigenvalue weighted by atomic mass is 9.35. The van der Waals surface area contributed by atoms with Gasteiger partial charge < -0.3 is 9.47 Å². The average molecular weight is 407 g/mol. The molecule has 0 aromatic rings. The summed E-state index contributed by atoms with van der Waals surface area (Å²) in [6.07, 6.45) is 4.27. The van der Waals surface area contributed by atoms with E-state index in [0.717, 1.165) is 30.9 Å². The number of esters is 2. The van der Waals surface area contributed by atoms with Crippen LogP contribution in [-0.2, 0) is 23.9 Å². The minimum atomic E-state index is -1.59. The molecule has 1 spiro atoms. The molecule has 0 aromatic heterocycles. The normalized spacial score (nSPS) is 32.2. The van der Waals surface area contributed by atoms with Gasteiger partial charge in [0.1, 0.15) is 0 Å². The molecule has 0 heterocycles. The van der Waals surface area contributed by atoms with Crippen molar-refractivity contribution in [1.82, 2.24) is 0 Å². The molecule has 0 bridgehead atoms. The van der Waals surface area contributed by atoms with Crippen LogP contribution in [0.15, 0.2) is 11.1 Å². The zero-order valence-electron chi connectivity index (χ0n) is 18.0. The lowest BCUT2D eigenvalue weighted by Crippen LogP contribution is -2.70. The minimum Gasteiger partial charge on any atom is -0.466 e. The van der Waals surface area contributed by atoms with Gasteiger partial charge in [0.25, 0.3) is 0 Å². The summed E-state index contributed by atoms with van der Waals surface area (Å²) in [5.74, 6) is -1.14. The van der Waals surface area contributed by atoms with Crippen LogP contribution in [0.5, 0.6) is 0 Å². The first kappa shape index (κ1) is 21.3. The molecule has 0 unspecified atom stereocenters. The van der Waals surface area contributed by atoms with Crippen molar-refractivity contribution < 1.29 is 23.9 Å². The van der Waals surface area contributed by atoms with E-state index >= 15 is 0 Å². The summed E-state index contributed by atoms with van der Waals surface area (Å²) in [5, 5.41) is 0. The quantitative estimate of drug-likeness (QED) is 0.285. The van der Waals surface area contributed by atoms with Gasteiger partial charge in [-0.2, -0.15) is 0 Å². The second kappa shape index (κ2) is 7.43. The summed E-state index contributed by atoms with van der Waals surface area (Å²) >= 11 is 0. The van der Waals surface area contributed by atoms with Crippen molar-refractivity contribution in [2.45, 2.75) is 78.1 Å². The van der Waals surface area contributed by atoms with E-state index in [9.17, 15) is 14.4 Å². The summed E-state index contributed by atoms with van der Waals surface area (Å²) in [4.78, 5) is 39.9. The number of hydrogen-bond acceptors (Lipinski definition) is 5. The number of rotatable bonds is 6. The standard InChI is InChI=1S/C22H34O5Si/c1-6-26-19(24)16-11-8-10-15-17(14-28(3,4)5)22(20(25)27-7-2)18(23)12-9-13-21(15,16)22/h16H,6-14H2,1-5H3/t16-,21+,22+/m0/s1. The SMILES string of the molecule is CCOC(=O)[C@@H]1CCCC2=C(C[Si](C)(C)C)[C@]3(C(=O)OCC)C(=O)CCC[C@@]213. The molecule has 3 aliphatic rings. The summed E-state index contributed by atoms with van der Waals surface area (Å²) < 4.78 is 10.9. The highest BCUT2D eigenvalue weighted by Gasteiger charge is 2.77. The van der Waals surface area contributed by atoms with Crippen LogP contribution in [0.1, 0.15) is 52.4 Å². The number of ketones is 1. The maximum Gasteiger partial charge on any atom is 0.324 e. The molecule has 0 radical (unpaired) electrons. The van der Waals surface area contributed by atoms with Crippen LogP contribution < -0.4 is 0 Å². The Labute approximate surface area is 169 Å². The van der Waals surface area contributed by atoms with Crippen molar-refractivity contribution in [3.8, 4) is 0 Å². The molecule has 156 valence electrons. The number of ether oxygens (including phenoxy) is 2. The molecule has 5 nitrogen and oxygen atoms in total. The highest BCUT2D eigenvalue weighted by atomic mass is 28.3. The van der Waals surface area contributed by atoms with Crippen LogP contribution in [0.4, 0.5) is 0 Å². The molecule has 3 rings (SSSR count). The molecular weight excluding hydrogens is 372 g/mol. The van der Waals surface area contributed by atoms with Crippen LogP contribution >= 0.6 is 0 Å². The first-order chi connectivity index (χ1) is 13.2. The van der Waals surface area contributed by atoms with E-state index in [4.69, 9.17) is 9.47 Å². The van der Waals surface area contributed by atoms with Gasteiger partial charge in [-0.15, -0.1) is 0 Å². The Hall–Kier alpha value is -1.43. The maximum atomic E-state index is 13.5. The number of carbonyl (C=O) groups is 3. The molecule has 0 aromatic carbocycles. The molecule has 2 fully saturated rings. The Bertz CT molecular complexity index is 719. The number of Topliss-reactive ketones (excluding diaryl/α,β-unsaturated/α-hetero) is 1. The lowest BCUT2D eigenvalue weighted by molar-refractivity contribution is -0.183. The second-order valence-corrected chi connectivity index (χ2v) is 15.1. The molecule has 0 saturated heterocycles. The van der Waals surface area contributed by atoms with Gasteiger partial charge in [-0.3, -0.25) is 14.4 Å². The zero-order valence-corrected chi connectivity index (χ0v) is 19.0. The van der Waals surface area contributed by atoms with E-state index in [2.05, 4.69) is 19.6 Å². The van der Waals surface area contributed by atoms with Gasteiger partial charge in [-0.1, -0.05) is 25.2 Å². The second-order valence-electron chi connectivity index (χ2n) is 9.61. The van der Waals surface area contributed by atoms with Gasteiger partial charge >= 0.3 is 11.9 Å². The topological polar surface area (TPSA) is 69.7 Å². The van der Waals surface area contributed by atoms with Gasteiger partial charge in [-0.25, -0.2) is 0 Å². The third-order valence-corrected chi connectivity index (χ3v) is 8.21. The Kier molecular flexibility index (Phi) is 5.65. The van der Waals surface area contributed by atoms with Crippen molar-refractivity contribution in [3.05, 3.63) is 11.1 Å². The molecule has 28 heavy (non-hydrogen) atoms. The lowest BCUT2D eigenvalue weighted by Gasteiger charge is -2.65. The van der Waals surface area contributed by atoms with Crippen molar-refractivity contribution in [2.24, 2.45) is 16.7 Å². The molecular formula is C22H34O5Si. The molecule has 0 aliphatic heterocycles. The predicted octanol–water partition coefficient (Wildman–Crippen LogP) is 4.29. The molecule has 3 aliphatic carbocycles. The van der Waals surface area contributed by atoms with E-state index in [1.54, 1.807) is 13.8 Å². The van der Waals surface area contributed by atoms with Crippen molar-refractivity contribution in [1.29, 1.82) is 0 Å². The monoisotopic (exact) mass is 406 g/mol. The van der Waals surface area contributed by atoms with Crippen molar-refractivity contribution in [2.75, 3.05) is 13.2 Å². The summed E-state index contributed by atoms with van der Waals surface area (Å²) in [5.41, 5.74) is 0.243. The van der Waals surface area contributed by atoms with E-state index in [1.165, 1.54) is 5.57 Å². The Morgan fingerprint density at radius 2 is 1.75 bits per heavy atom. The van der Waals surface area contributed by atoms with Crippen LogP contribution in [0.25, 0.3) is 0 Å². The summed E-state index contributed by atoms with van der Waals surface area (Å²) in [7, 11) is -1.59. The van der Waals surface area contributed by atoms with Gasteiger partial charge in [0.15, 0.2) is 11.2 Å². The fourth-order valence-electron chi connectivity index (χ4n) is 6.14. The van der Waals surface area contributed by atoms with Crippen LogP contribution in [0.3, 0.4) is 0 Å². The maximum absolute atomic E-state index is 13.5. The molecule has 2 saturated carbocycles. The fraction of sp³-hybridized carbons (Fsp3) is 0.773. The van der Waals surface area contributed by atoms with Gasteiger partial charge in [0.05, 0.1) is 19.1 Å². The van der Waals surface area contributed by atoms with E-state index in [0.29, 0.717) is 25.9 Å². The molecule has 3 atom stereocenters. The zero-order chi connectivity index (χ0) is 20.7. The molecule has 0 amide bonds. The van der Waals surface area contributed by atoms with E-state index in [-0.39, 0.29) is 18.4 Å².